The number of nitrogens with two attached hydrogens (primary N) is 2. The van der Waals surface area contributed by atoms with Gasteiger partial charge in [0, 0.05) is 21.3 Å². The van der Waals surface area contributed by atoms with Crippen LogP contribution in [0.4, 0.5) is 5.82 Å². The van der Waals surface area contributed by atoms with Crippen molar-refractivity contribution < 1.29 is 0 Å². The summed E-state index contributed by atoms with van der Waals surface area (Å²) >= 11 is 6.82. The third kappa shape index (κ3) is 3.07. The molecule has 1 unspecified atom stereocenters. The van der Waals surface area contributed by atoms with Crippen LogP contribution >= 0.6 is 31.9 Å². The van der Waals surface area contributed by atoms with Crippen LogP contribution in [0.25, 0.3) is 0 Å². The molecule has 0 bridgehead atoms. The van der Waals surface area contributed by atoms with Crippen molar-refractivity contribution >= 4 is 37.7 Å². The van der Waals surface area contributed by atoms with E-state index >= 15 is 0 Å². The second-order valence-corrected chi connectivity index (χ2v) is 5.65. The van der Waals surface area contributed by atoms with Gasteiger partial charge in [-0.2, -0.15) is 0 Å². The summed E-state index contributed by atoms with van der Waals surface area (Å²) < 4.78 is 1.79. The summed E-state index contributed by atoms with van der Waals surface area (Å²) in [7, 11) is 0. The lowest BCUT2D eigenvalue weighted by Gasteiger charge is -2.14. The Balaban J connectivity index is 2.22. The number of aromatic nitrogens is 2. The molecule has 0 aromatic carbocycles. The molecule has 0 amide bonds. The fourth-order valence-corrected chi connectivity index (χ4v) is 2.94. The summed E-state index contributed by atoms with van der Waals surface area (Å²) in [6.45, 7) is 0. The van der Waals surface area contributed by atoms with Crippen molar-refractivity contribution in [3.8, 4) is 0 Å². The maximum Gasteiger partial charge on any atom is 0.126 e. The Morgan fingerprint density at radius 2 is 2.06 bits per heavy atom. The average molecular weight is 372 g/mol. The average Bonchev–Trinajstić information content (AvgIpc) is 2.32. The summed E-state index contributed by atoms with van der Waals surface area (Å²) in [5.41, 5.74) is 13.7. The van der Waals surface area contributed by atoms with Gasteiger partial charge in [0.2, 0.25) is 0 Å². The Bertz CT molecular complexity index is 560. The van der Waals surface area contributed by atoms with Crippen molar-refractivity contribution in [2.24, 2.45) is 5.73 Å². The highest BCUT2D eigenvalue weighted by atomic mass is 79.9. The van der Waals surface area contributed by atoms with Crippen LogP contribution in [-0.2, 0) is 6.42 Å². The molecule has 0 fully saturated rings. The second kappa shape index (κ2) is 5.77. The Labute approximate surface area is 122 Å². The molecule has 2 aromatic rings. The SMILES string of the molecule is Nc1ncccc1CC(N)c1ncc(Br)cc1Br. The fourth-order valence-electron chi connectivity index (χ4n) is 1.66. The van der Waals surface area contributed by atoms with Crippen molar-refractivity contribution in [2.75, 3.05) is 5.73 Å². The smallest absolute Gasteiger partial charge is 0.126 e. The van der Waals surface area contributed by atoms with Gasteiger partial charge >= 0.3 is 0 Å². The van der Waals surface area contributed by atoms with Gasteiger partial charge in [-0.3, -0.25) is 4.98 Å². The Hall–Kier alpha value is -0.980. The molecule has 4 nitrogen and oxygen atoms in total. The van der Waals surface area contributed by atoms with Gasteiger partial charge in [0.25, 0.3) is 0 Å². The molecule has 0 aliphatic rings. The molecule has 2 aromatic heterocycles. The van der Waals surface area contributed by atoms with Gasteiger partial charge in [0.15, 0.2) is 0 Å². The molecule has 2 heterocycles. The Kier molecular flexibility index (Phi) is 4.31. The van der Waals surface area contributed by atoms with E-state index in [1.54, 1.807) is 12.4 Å². The molecule has 18 heavy (non-hydrogen) atoms. The van der Waals surface area contributed by atoms with E-state index in [9.17, 15) is 0 Å². The number of hydrogen-bond donors (Lipinski definition) is 2. The van der Waals surface area contributed by atoms with E-state index in [1.807, 2.05) is 18.2 Å². The fraction of sp³-hybridized carbons (Fsp3) is 0.167. The summed E-state index contributed by atoms with van der Waals surface area (Å²) in [5.74, 6) is 0.515. The second-order valence-electron chi connectivity index (χ2n) is 3.88. The molecule has 0 aliphatic carbocycles. The lowest BCUT2D eigenvalue weighted by molar-refractivity contribution is 0.691. The molecule has 2 rings (SSSR count). The van der Waals surface area contributed by atoms with Crippen LogP contribution in [0.3, 0.4) is 0 Å². The maximum atomic E-state index is 6.16. The molecule has 0 saturated heterocycles. The number of nitrogen functional groups attached to an aromatic ring is 1. The molecule has 4 N–H and O–H groups in total. The summed E-state index contributed by atoms with van der Waals surface area (Å²) in [6, 6.07) is 5.48. The maximum absolute atomic E-state index is 6.16. The van der Waals surface area contributed by atoms with Crippen molar-refractivity contribution in [3.05, 3.63) is 50.8 Å². The zero-order valence-electron chi connectivity index (χ0n) is 9.48. The number of rotatable bonds is 3. The van der Waals surface area contributed by atoms with Crippen LogP contribution in [0.2, 0.25) is 0 Å². The van der Waals surface area contributed by atoms with E-state index in [2.05, 4.69) is 41.8 Å². The third-order valence-electron chi connectivity index (χ3n) is 2.55. The highest BCUT2D eigenvalue weighted by Gasteiger charge is 2.14. The minimum absolute atomic E-state index is 0.223. The van der Waals surface area contributed by atoms with E-state index in [-0.39, 0.29) is 6.04 Å². The van der Waals surface area contributed by atoms with Crippen molar-refractivity contribution in [1.29, 1.82) is 0 Å². The van der Waals surface area contributed by atoms with Gasteiger partial charge in [-0.25, -0.2) is 4.98 Å². The predicted octanol–water partition coefficient (Wildman–Crippen LogP) is 2.83. The molecule has 1 atom stereocenters. The summed E-state index contributed by atoms with van der Waals surface area (Å²) in [5, 5.41) is 0. The number of halogens is 2. The first-order chi connectivity index (χ1) is 8.58. The highest BCUT2D eigenvalue weighted by Crippen LogP contribution is 2.26. The Morgan fingerprint density at radius 1 is 1.28 bits per heavy atom. The third-order valence-corrected chi connectivity index (χ3v) is 3.62. The largest absolute Gasteiger partial charge is 0.383 e. The molecular weight excluding hydrogens is 360 g/mol. The number of anilines is 1. The van der Waals surface area contributed by atoms with Crippen LogP contribution in [0.15, 0.2) is 39.5 Å². The van der Waals surface area contributed by atoms with Crippen molar-refractivity contribution in [1.82, 2.24) is 9.97 Å². The standard InChI is InChI=1S/C12H12Br2N4/c13-8-5-9(14)11(18-6-8)10(15)4-7-2-1-3-17-12(7)16/h1-3,5-6,10H,4,15H2,(H2,16,17). The molecule has 0 aliphatic heterocycles. The molecule has 0 spiro atoms. The number of nitrogens with zero attached hydrogens (tertiary/aromatic N) is 2. The van der Waals surface area contributed by atoms with E-state index in [4.69, 9.17) is 11.5 Å². The van der Waals surface area contributed by atoms with Crippen molar-refractivity contribution in [2.45, 2.75) is 12.5 Å². The van der Waals surface area contributed by atoms with Gasteiger partial charge in [-0.1, -0.05) is 6.07 Å². The molecular formula is C12H12Br2N4. The Morgan fingerprint density at radius 3 is 2.72 bits per heavy atom. The van der Waals surface area contributed by atoms with E-state index in [0.717, 1.165) is 20.2 Å². The van der Waals surface area contributed by atoms with Crippen LogP contribution < -0.4 is 11.5 Å². The van der Waals surface area contributed by atoms with E-state index < -0.39 is 0 Å². The van der Waals surface area contributed by atoms with Crippen LogP contribution in [0.1, 0.15) is 17.3 Å². The van der Waals surface area contributed by atoms with Crippen LogP contribution in [0, 0.1) is 0 Å². The molecule has 6 heteroatoms. The molecule has 94 valence electrons. The zero-order valence-corrected chi connectivity index (χ0v) is 12.6. The first-order valence-electron chi connectivity index (χ1n) is 5.34. The van der Waals surface area contributed by atoms with Gasteiger partial charge < -0.3 is 11.5 Å². The first-order valence-corrected chi connectivity index (χ1v) is 6.92. The topological polar surface area (TPSA) is 77.8 Å². The first kappa shape index (κ1) is 13.5. The minimum atomic E-state index is -0.223. The lowest BCUT2D eigenvalue weighted by Crippen LogP contribution is -2.16. The van der Waals surface area contributed by atoms with Crippen LogP contribution in [0.5, 0.6) is 0 Å². The normalized spacial score (nSPS) is 12.4. The van der Waals surface area contributed by atoms with Gasteiger partial charge in [0.05, 0.1) is 11.7 Å². The molecule has 0 radical (unpaired) electrons. The van der Waals surface area contributed by atoms with E-state index in [0.29, 0.717) is 12.2 Å². The van der Waals surface area contributed by atoms with Gasteiger partial charge in [-0.15, -0.1) is 0 Å². The van der Waals surface area contributed by atoms with Crippen molar-refractivity contribution in [3.63, 3.8) is 0 Å². The highest BCUT2D eigenvalue weighted by molar-refractivity contribution is 9.11. The predicted molar refractivity (Wildman–Crippen MR) is 78.9 cm³/mol. The monoisotopic (exact) mass is 370 g/mol. The lowest BCUT2D eigenvalue weighted by atomic mass is 10.0. The number of hydrogen-bond acceptors (Lipinski definition) is 4. The van der Waals surface area contributed by atoms with Gasteiger partial charge in [0.1, 0.15) is 5.82 Å². The summed E-state index contributed by atoms with van der Waals surface area (Å²) in [6.07, 6.45) is 4.00. The molecule has 0 saturated carbocycles. The van der Waals surface area contributed by atoms with Gasteiger partial charge in [-0.05, 0) is 56.0 Å². The van der Waals surface area contributed by atoms with Crippen LogP contribution in [-0.4, -0.2) is 9.97 Å². The quantitative estimate of drug-likeness (QED) is 0.869. The minimum Gasteiger partial charge on any atom is -0.383 e. The van der Waals surface area contributed by atoms with E-state index in [1.165, 1.54) is 0 Å². The zero-order chi connectivity index (χ0) is 13.1. The summed E-state index contributed by atoms with van der Waals surface area (Å²) in [4.78, 5) is 8.37. The number of pyridine rings is 2.